The Kier molecular flexibility index (Phi) is 7.53. The second kappa shape index (κ2) is 9.49. The van der Waals surface area contributed by atoms with Gasteiger partial charge in [-0.25, -0.2) is 13.2 Å². The molecular formula is C18H22F3NO6S. The molecule has 0 atom stereocenters. The van der Waals surface area contributed by atoms with Crippen molar-refractivity contribution in [1.29, 1.82) is 0 Å². The molecule has 0 bridgehead atoms. The third kappa shape index (κ3) is 6.36. The van der Waals surface area contributed by atoms with Crippen LogP contribution in [0.2, 0.25) is 0 Å². The summed E-state index contributed by atoms with van der Waals surface area (Å²) in [5.41, 5.74) is 0. The maximum Gasteiger partial charge on any atom is 0.573 e. The number of carbonyl (C=O) groups is 1. The van der Waals surface area contributed by atoms with Gasteiger partial charge in [-0.2, -0.15) is 4.31 Å². The number of nitrogens with zero attached hydrogens (tertiary/aromatic N) is 1. The normalized spacial score (nSPS) is 17.1. The van der Waals surface area contributed by atoms with Crippen molar-refractivity contribution in [2.45, 2.75) is 31.0 Å². The van der Waals surface area contributed by atoms with Crippen LogP contribution in [0.1, 0.15) is 19.8 Å². The van der Waals surface area contributed by atoms with Crippen molar-refractivity contribution in [3.63, 3.8) is 0 Å². The number of hydrogen-bond acceptors (Lipinski definition) is 6. The summed E-state index contributed by atoms with van der Waals surface area (Å²) in [4.78, 5) is 11.5. The molecule has 2 rings (SSSR count). The first-order valence-electron chi connectivity index (χ1n) is 8.85. The molecular weight excluding hydrogens is 415 g/mol. The summed E-state index contributed by atoms with van der Waals surface area (Å²) in [7, 11) is -2.44. The minimum Gasteiger partial charge on any atom is -0.501 e. The van der Waals surface area contributed by atoms with E-state index in [2.05, 4.69) is 4.74 Å². The predicted octanol–water partition coefficient (Wildman–Crippen LogP) is 3.08. The van der Waals surface area contributed by atoms with Crippen molar-refractivity contribution >= 4 is 16.0 Å². The van der Waals surface area contributed by atoms with Crippen LogP contribution >= 0.6 is 0 Å². The van der Waals surface area contributed by atoms with Gasteiger partial charge in [0.25, 0.3) is 0 Å². The number of halogens is 3. The highest BCUT2D eigenvalue weighted by Gasteiger charge is 2.33. The van der Waals surface area contributed by atoms with E-state index in [-0.39, 0.29) is 30.5 Å². The summed E-state index contributed by atoms with van der Waals surface area (Å²) >= 11 is 0. The van der Waals surface area contributed by atoms with Gasteiger partial charge in [0.1, 0.15) is 11.5 Å². The SMILES string of the molecule is CCOC(=O)/C=C(\OC)C1CCN(S(=O)(=O)c2ccc(OC(F)(F)F)cc2)CC1. The van der Waals surface area contributed by atoms with Crippen LogP contribution in [0.25, 0.3) is 0 Å². The molecule has 0 aromatic heterocycles. The van der Waals surface area contributed by atoms with Crippen molar-refractivity contribution in [2.24, 2.45) is 5.92 Å². The van der Waals surface area contributed by atoms with Gasteiger partial charge in [0.15, 0.2) is 0 Å². The first-order valence-corrected chi connectivity index (χ1v) is 10.3. The molecule has 0 aliphatic carbocycles. The molecule has 1 fully saturated rings. The Balaban J connectivity index is 2.04. The Bertz CT molecular complexity index is 828. The lowest BCUT2D eigenvalue weighted by Crippen LogP contribution is -2.39. The summed E-state index contributed by atoms with van der Waals surface area (Å²) in [6.45, 7) is 2.27. The molecule has 11 heteroatoms. The van der Waals surface area contributed by atoms with E-state index >= 15 is 0 Å². The lowest BCUT2D eigenvalue weighted by atomic mass is 9.95. The second-order valence-electron chi connectivity index (χ2n) is 6.20. The van der Waals surface area contributed by atoms with Crippen molar-refractivity contribution in [3.8, 4) is 5.75 Å². The lowest BCUT2D eigenvalue weighted by Gasteiger charge is -2.31. The molecule has 1 aromatic rings. The minimum atomic E-state index is -4.85. The third-order valence-electron chi connectivity index (χ3n) is 4.33. The van der Waals surface area contributed by atoms with Crippen LogP contribution in [-0.2, 0) is 24.3 Å². The standard InChI is InChI=1S/C18H22F3NO6S/c1-3-27-17(23)12-16(26-2)13-8-10-22(11-9-13)29(24,25)15-6-4-14(5-7-15)28-18(19,20)21/h4-7,12-13H,3,8-11H2,1-2H3/b16-12-. The van der Waals surface area contributed by atoms with E-state index in [0.29, 0.717) is 18.6 Å². The van der Waals surface area contributed by atoms with Crippen molar-refractivity contribution in [3.05, 3.63) is 36.1 Å². The summed E-state index contributed by atoms with van der Waals surface area (Å²) in [5.74, 6) is -0.739. The zero-order chi connectivity index (χ0) is 21.7. The maximum absolute atomic E-state index is 12.7. The van der Waals surface area contributed by atoms with E-state index in [0.717, 1.165) is 24.3 Å². The average molecular weight is 437 g/mol. The quantitative estimate of drug-likeness (QED) is 0.371. The van der Waals surface area contributed by atoms with Gasteiger partial charge in [-0.15, -0.1) is 13.2 Å². The van der Waals surface area contributed by atoms with Gasteiger partial charge in [-0.3, -0.25) is 0 Å². The largest absolute Gasteiger partial charge is 0.573 e. The lowest BCUT2D eigenvalue weighted by molar-refractivity contribution is -0.274. The molecule has 1 aliphatic rings. The number of esters is 1. The van der Waals surface area contributed by atoms with E-state index < -0.39 is 28.1 Å². The second-order valence-corrected chi connectivity index (χ2v) is 8.14. The molecule has 162 valence electrons. The molecule has 29 heavy (non-hydrogen) atoms. The molecule has 7 nitrogen and oxygen atoms in total. The minimum absolute atomic E-state index is 0.125. The Morgan fingerprint density at radius 1 is 1.21 bits per heavy atom. The van der Waals surface area contributed by atoms with E-state index in [1.165, 1.54) is 17.5 Å². The molecule has 0 unspecified atom stereocenters. The Labute approximate surface area is 167 Å². The zero-order valence-corrected chi connectivity index (χ0v) is 16.8. The van der Waals surface area contributed by atoms with Gasteiger partial charge in [0.05, 0.1) is 24.7 Å². The third-order valence-corrected chi connectivity index (χ3v) is 6.25. The van der Waals surface area contributed by atoms with Crippen molar-refractivity contribution in [2.75, 3.05) is 26.8 Å². The van der Waals surface area contributed by atoms with E-state index in [1.54, 1.807) is 6.92 Å². The molecule has 0 spiro atoms. The van der Waals surface area contributed by atoms with Crippen LogP contribution in [0.3, 0.4) is 0 Å². The van der Waals surface area contributed by atoms with Gasteiger partial charge >= 0.3 is 12.3 Å². The van der Waals surface area contributed by atoms with Gasteiger partial charge in [0, 0.05) is 19.0 Å². The Morgan fingerprint density at radius 3 is 2.28 bits per heavy atom. The summed E-state index contributed by atoms with van der Waals surface area (Å²) in [6.07, 6.45) is -2.74. The average Bonchev–Trinajstić information content (AvgIpc) is 2.65. The number of alkyl halides is 3. The van der Waals surface area contributed by atoms with E-state index in [4.69, 9.17) is 9.47 Å². The maximum atomic E-state index is 12.7. The molecule has 1 saturated heterocycles. The topological polar surface area (TPSA) is 82.1 Å². The van der Waals surface area contributed by atoms with E-state index in [9.17, 15) is 26.4 Å². The van der Waals surface area contributed by atoms with Crippen molar-refractivity contribution in [1.82, 2.24) is 4.31 Å². The number of carbonyl (C=O) groups excluding carboxylic acids is 1. The monoisotopic (exact) mass is 437 g/mol. The van der Waals surface area contributed by atoms with Crippen LogP contribution in [0, 0.1) is 5.92 Å². The van der Waals surface area contributed by atoms with Crippen LogP contribution in [-0.4, -0.2) is 51.9 Å². The Morgan fingerprint density at radius 2 is 1.79 bits per heavy atom. The zero-order valence-electron chi connectivity index (χ0n) is 15.9. The first-order chi connectivity index (χ1) is 13.6. The number of hydrogen-bond donors (Lipinski definition) is 0. The van der Waals surface area contributed by atoms with Gasteiger partial charge in [-0.05, 0) is 44.0 Å². The van der Waals surface area contributed by atoms with Gasteiger partial charge < -0.3 is 14.2 Å². The van der Waals surface area contributed by atoms with Crippen LogP contribution in [0.15, 0.2) is 41.0 Å². The summed E-state index contributed by atoms with van der Waals surface area (Å²) < 4.78 is 77.3. The molecule has 1 aliphatic heterocycles. The smallest absolute Gasteiger partial charge is 0.501 e. The molecule has 0 radical (unpaired) electrons. The number of piperidine rings is 1. The van der Waals surface area contributed by atoms with Gasteiger partial charge in [0.2, 0.25) is 10.0 Å². The number of methoxy groups -OCH3 is 1. The number of sulfonamides is 1. The fourth-order valence-electron chi connectivity index (χ4n) is 2.99. The van der Waals surface area contributed by atoms with Crippen LogP contribution in [0.5, 0.6) is 5.75 Å². The fourth-order valence-corrected chi connectivity index (χ4v) is 4.46. The van der Waals surface area contributed by atoms with Crippen LogP contribution < -0.4 is 4.74 Å². The highest BCUT2D eigenvalue weighted by atomic mass is 32.2. The molecule has 0 saturated carbocycles. The summed E-state index contributed by atoms with van der Waals surface area (Å²) in [6, 6.07) is 4.06. The molecule has 1 heterocycles. The number of ether oxygens (including phenoxy) is 3. The fraction of sp³-hybridized carbons (Fsp3) is 0.500. The molecule has 0 N–H and O–H groups in total. The predicted molar refractivity (Wildman–Crippen MR) is 96.3 cm³/mol. The van der Waals surface area contributed by atoms with E-state index in [1.807, 2.05) is 0 Å². The number of allylic oxidation sites excluding steroid dienone is 1. The molecule has 1 aromatic carbocycles. The summed E-state index contributed by atoms with van der Waals surface area (Å²) in [5, 5.41) is 0. The first kappa shape index (κ1) is 23.0. The highest BCUT2D eigenvalue weighted by molar-refractivity contribution is 7.89. The number of benzene rings is 1. The number of rotatable bonds is 7. The van der Waals surface area contributed by atoms with Gasteiger partial charge in [-0.1, -0.05) is 0 Å². The van der Waals surface area contributed by atoms with Crippen molar-refractivity contribution < 1.29 is 40.6 Å². The van der Waals surface area contributed by atoms with Crippen LogP contribution in [0.4, 0.5) is 13.2 Å². The molecule has 0 amide bonds. The Hall–Kier alpha value is -2.27. The highest BCUT2D eigenvalue weighted by Crippen LogP contribution is 2.30.